The van der Waals surface area contributed by atoms with E-state index in [1.165, 1.54) is 0 Å². The molecule has 1 aromatic carbocycles. The molecular weight excluding hydrogens is 358 g/mol. The summed E-state index contributed by atoms with van der Waals surface area (Å²) in [6.45, 7) is 0.583. The Bertz CT molecular complexity index is 769. The van der Waals surface area contributed by atoms with E-state index < -0.39 is 0 Å². The van der Waals surface area contributed by atoms with Crippen molar-refractivity contribution in [2.24, 2.45) is 0 Å². The minimum Gasteiger partial charge on any atom is -0.467 e. The third-order valence-electron chi connectivity index (χ3n) is 3.16. The van der Waals surface area contributed by atoms with Gasteiger partial charge in [-0.05, 0) is 48.5 Å². The zero-order valence-corrected chi connectivity index (χ0v) is 13.7. The summed E-state index contributed by atoms with van der Waals surface area (Å²) in [6, 6.07) is 14.5. The maximum atomic E-state index is 12.1. The van der Waals surface area contributed by atoms with Gasteiger partial charge in [0.2, 0.25) is 0 Å². The van der Waals surface area contributed by atoms with Gasteiger partial charge in [-0.3, -0.25) is 4.79 Å². The predicted molar refractivity (Wildman–Crippen MR) is 92.4 cm³/mol. The molecule has 23 heavy (non-hydrogen) atoms. The lowest BCUT2D eigenvalue weighted by atomic mass is 10.2. The van der Waals surface area contributed by atoms with Crippen molar-refractivity contribution in [1.82, 2.24) is 4.98 Å². The number of pyridine rings is 1. The Morgan fingerprint density at radius 2 is 1.96 bits per heavy atom. The molecule has 0 fully saturated rings. The standard InChI is InChI=1S/C17H14BrN3O2/c18-13-5-3-12(4-6-13)17(22)21-16-8-7-14(10-20-16)19-11-15-2-1-9-23-15/h1-10,19H,11H2,(H,20,21,22). The fourth-order valence-corrected chi connectivity index (χ4v) is 2.23. The van der Waals surface area contributed by atoms with Gasteiger partial charge in [0.1, 0.15) is 11.6 Å². The summed E-state index contributed by atoms with van der Waals surface area (Å²) in [4.78, 5) is 16.3. The number of rotatable bonds is 5. The Balaban J connectivity index is 1.58. The Labute approximate surface area is 141 Å². The highest BCUT2D eigenvalue weighted by molar-refractivity contribution is 9.10. The molecule has 1 amide bonds. The molecule has 0 aliphatic heterocycles. The number of hydrogen-bond donors (Lipinski definition) is 2. The van der Waals surface area contributed by atoms with Gasteiger partial charge in [0.05, 0.1) is 24.7 Å². The molecule has 3 aromatic rings. The molecule has 0 aliphatic rings. The molecule has 2 heterocycles. The Morgan fingerprint density at radius 3 is 2.61 bits per heavy atom. The molecule has 5 nitrogen and oxygen atoms in total. The second-order valence-electron chi connectivity index (χ2n) is 4.83. The van der Waals surface area contributed by atoms with Crippen molar-refractivity contribution in [3.8, 4) is 0 Å². The second-order valence-corrected chi connectivity index (χ2v) is 5.74. The van der Waals surface area contributed by atoms with E-state index in [-0.39, 0.29) is 5.91 Å². The third-order valence-corrected chi connectivity index (χ3v) is 3.69. The van der Waals surface area contributed by atoms with E-state index in [2.05, 4.69) is 31.5 Å². The van der Waals surface area contributed by atoms with Gasteiger partial charge in [-0.25, -0.2) is 4.98 Å². The molecule has 0 atom stereocenters. The number of nitrogens with one attached hydrogen (secondary N) is 2. The molecule has 0 spiro atoms. The predicted octanol–water partition coefficient (Wildman–Crippen LogP) is 4.30. The van der Waals surface area contributed by atoms with Crippen molar-refractivity contribution in [3.05, 3.63) is 76.8 Å². The molecule has 0 bridgehead atoms. The smallest absolute Gasteiger partial charge is 0.256 e. The average molecular weight is 372 g/mol. The number of nitrogens with zero attached hydrogens (tertiary/aromatic N) is 1. The van der Waals surface area contributed by atoms with Crippen molar-refractivity contribution in [2.45, 2.75) is 6.54 Å². The van der Waals surface area contributed by atoms with E-state index in [1.807, 2.05) is 30.3 Å². The number of carbonyl (C=O) groups excluding carboxylic acids is 1. The molecule has 0 radical (unpaired) electrons. The van der Waals surface area contributed by atoms with Crippen molar-refractivity contribution in [3.63, 3.8) is 0 Å². The van der Waals surface area contributed by atoms with Crippen LogP contribution in [0.4, 0.5) is 11.5 Å². The number of benzene rings is 1. The van der Waals surface area contributed by atoms with Gasteiger partial charge < -0.3 is 15.1 Å². The quantitative estimate of drug-likeness (QED) is 0.701. The molecule has 116 valence electrons. The minimum absolute atomic E-state index is 0.193. The monoisotopic (exact) mass is 371 g/mol. The minimum atomic E-state index is -0.193. The van der Waals surface area contributed by atoms with Gasteiger partial charge >= 0.3 is 0 Å². The van der Waals surface area contributed by atoms with Gasteiger partial charge in [0, 0.05) is 10.0 Å². The van der Waals surface area contributed by atoms with Crippen molar-refractivity contribution in [2.75, 3.05) is 10.6 Å². The van der Waals surface area contributed by atoms with Crippen molar-refractivity contribution >= 4 is 33.3 Å². The Kier molecular flexibility index (Phi) is 4.73. The van der Waals surface area contributed by atoms with Crippen LogP contribution in [0, 0.1) is 0 Å². The van der Waals surface area contributed by atoms with Gasteiger partial charge in [-0.1, -0.05) is 15.9 Å². The number of anilines is 2. The molecule has 3 rings (SSSR count). The van der Waals surface area contributed by atoms with Crippen LogP contribution in [0.25, 0.3) is 0 Å². The highest BCUT2D eigenvalue weighted by atomic mass is 79.9. The number of aromatic nitrogens is 1. The number of furan rings is 1. The molecule has 2 aromatic heterocycles. The van der Waals surface area contributed by atoms with Gasteiger partial charge in [0.25, 0.3) is 5.91 Å². The lowest BCUT2D eigenvalue weighted by Gasteiger charge is -2.07. The molecular formula is C17H14BrN3O2. The van der Waals surface area contributed by atoms with Crippen LogP contribution in [0.15, 0.2) is 69.9 Å². The van der Waals surface area contributed by atoms with Crippen LogP contribution < -0.4 is 10.6 Å². The second kappa shape index (κ2) is 7.11. The zero-order valence-electron chi connectivity index (χ0n) is 12.1. The maximum absolute atomic E-state index is 12.1. The SMILES string of the molecule is O=C(Nc1ccc(NCc2ccco2)cn1)c1ccc(Br)cc1. The van der Waals surface area contributed by atoms with E-state index in [0.29, 0.717) is 17.9 Å². The first-order valence-corrected chi connectivity index (χ1v) is 7.79. The summed E-state index contributed by atoms with van der Waals surface area (Å²) in [7, 11) is 0. The molecule has 0 saturated carbocycles. The third kappa shape index (κ3) is 4.20. The summed E-state index contributed by atoms with van der Waals surface area (Å²) >= 11 is 3.34. The van der Waals surface area contributed by atoms with Gasteiger partial charge in [-0.2, -0.15) is 0 Å². The highest BCUT2D eigenvalue weighted by Crippen LogP contribution is 2.14. The van der Waals surface area contributed by atoms with E-state index in [0.717, 1.165) is 15.9 Å². The summed E-state index contributed by atoms with van der Waals surface area (Å²) in [5, 5.41) is 5.95. The van der Waals surface area contributed by atoms with Crippen LogP contribution in [-0.2, 0) is 6.54 Å². The average Bonchev–Trinajstić information content (AvgIpc) is 3.08. The largest absolute Gasteiger partial charge is 0.467 e. The van der Waals surface area contributed by atoms with Crippen LogP contribution in [0.1, 0.15) is 16.1 Å². The number of amides is 1. The molecule has 0 unspecified atom stereocenters. The molecule has 2 N–H and O–H groups in total. The van der Waals surface area contributed by atoms with Gasteiger partial charge in [0.15, 0.2) is 0 Å². The first-order valence-electron chi connectivity index (χ1n) is 7.00. The summed E-state index contributed by atoms with van der Waals surface area (Å²) in [5.41, 5.74) is 1.43. The molecule has 6 heteroatoms. The van der Waals surface area contributed by atoms with Gasteiger partial charge in [-0.15, -0.1) is 0 Å². The summed E-state index contributed by atoms with van der Waals surface area (Å²) in [5.74, 6) is 1.15. The topological polar surface area (TPSA) is 67.2 Å². The number of hydrogen-bond acceptors (Lipinski definition) is 4. The first kappa shape index (κ1) is 15.3. The lowest BCUT2D eigenvalue weighted by molar-refractivity contribution is 0.102. The van der Waals surface area contributed by atoms with Crippen LogP contribution in [0.2, 0.25) is 0 Å². The number of halogens is 1. The number of carbonyl (C=O) groups is 1. The van der Waals surface area contributed by atoms with E-state index in [1.54, 1.807) is 30.7 Å². The van der Waals surface area contributed by atoms with Crippen molar-refractivity contribution < 1.29 is 9.21 Å². The van der Waals surface area contributed by atoms with Crippen LogP contribution >= 0.6 is 15.9 Å². The summed E-state index contributed by atoms with van der Waals surface area (Å²) < 4.78 is 6.18. The van der Waals surface area contributed by atoms with Crippen LogP contribution in [0.5, 0.6) is 0 Å². The summed E-state index contributed by atoms with van der Waals surface area (Å²) in [6.07, 6.45) is 3.30. The lowest BCUT2D eigenvalue weighted by Crippen LogP contribution is -2.12. The van der Waals surface area contributed by atoms with E-state index in [4.69, 9.17) is 4.42 Å². The fraction of sp³-hybridized carbons (Fsp3) is 0.0588. The van der Waals surface area contributed by atoms with Crippen LogP contribution in [0.3, 0.4) is 0 Å². The van der Waals surface area contributed by atoms with E-state index >= 15 is 0 Å². The Morgan fingerprint density at radius 1 is 1.13 bits per heavy atom. The molecule has 0 saturated heterocycles. The molecule has 0 aliphatic carbocycles. The van der Waals surface area contributed by atoms with Crippen LogP contribution in [-0.4, -0.2) is 10.9 Å². The normalized spacial score (nSPS) is 10.3. The zero-order chi connectivity index (χ0) is 16.1. The first-order chi connectivity index (χ1) is 11.2. The van der Waals surface area contributed by atoms with Crippen molar-refractivity contribution in [1.29, 1.82) is 0 Å². The highest BCUT2D eigenvalue weighted by Gasteiger charge is 2.06. The van der Waals surface area contributed by atoms with E-state index in [9.17, 15) is 4.79 Å². The Hall–Kier alpha value is -2.60. The maximum Gasteiger partial charge on any atom is 0.256 e. The fourth-order valence-electron chi connectivity index (χ4n) is 1.96.